The molecule has 1 saturated carbocycles. The highest BCUT2D eigenvalue weighted by molar-refractivity contribution is 5.99. The minimum atomic E-state index is -0.440. The van der Waals surface area contributed by atoms with E-state index in [9.17, 15) is 4.39 Å². The Hall–Kier alpha value is -1.78. The van der Waals surface area contributed by atoms with E-state index in [2.05, 4.69) is 5.16 Å². The number of rotatable bonds is 4. The minimum absolute atomic E-state index is 0.143. The lowest BCUT2D eigenvalue weighted by Gasteiger charge is -2.14. The highest BCUT2D eigenvalue weighted by atomic mass is 19.1. The summed E-state index contributed by atoms with van der Waals surface area (Å²) in [5.41, 5.74) is 5.79. The van der Waals surface area contributed by atoms with Gasteiger partial charge < -0.3 is 15.7 Å². The van der Waals surface area contributed by atoms with Gasteiger partial charge in [0.05, 0.1) is 12.2 Å². The Morgan fingerprint density at radius 2 is 2.17 bits per heavy atom. The maximum absolute atomic E-state index is 13.1. The van der Waals surface area contributed by atoms with Crippen LogP contribution in [0.25, 0.3) is 0 Å². The first-order valence-electron chi connectivity index (χ1n) is 6.11. The van der Waals surface area contributed by atoms with Crippen molar-refractivity contribution in [1.82, 2.24) is 0 Å². The Labute approximate surface area is 105 Å². The van der Waals surface area contributed by atoms with Crippen LogP contribution in [0.3, 0.4) is 0 Å². The molecule has 0 atom stereocenters. The molecule has 5 heteroatoms. The summed E-state index contributed by atoms with van der Waals surface area (Å²) in [7, 11) is 0. The second-order valence-electron chi connectivity index (χ2n) is 4.59. The molecule has 1 aliphatic carbocycles. The fourth-order valence-corrected chi connectivity index (χ4v) is 2.27. The van der Waals surface area contributed by atoms with Crippen molar-refractivity contribution in [2.45, 2.75) is 25.7 Å². The van der Waals surface area contributed by atoms with Crippen LogP contribution >= 0.6 is 0 Å². The molecule has 0 amide bonds. The van der Waals surface area contributed by atoms with E-state index in [0.29, 0.717) is 18.3 Å². The predicted octanol–water partition coefficient (Wildman–Crippen LogP) is 2.49. The van der Waals surface area contributed by atoms with Crippen LogP contribution < -0.4 is 10.5 Å². The van der Waals surface area contributed by atoms with E-state index in [-0.39, 0.29) is 11.4 Å². The van der Waals surface area contributed by atoms with Crippen molar-refractivity contribution in [3.63, 3.8) is 0 Å². The summed E-state index contributed by atoms with van der Waals surface area (Å²) in [5, 5.41) is 11.6. The summed E-state index contributed by atoms with van der Waals surface area (Å²) in [6, 6.07) is 4.02. The Morgan fingerprint density at radius 3 is 2.83 bits per heavy atom. The number of halogens is 1. The van der Waals surface area contributed by atoms with Gasteiger partial charge in [0.1, 0.15) is 11.6 Å². The lowest BCUT2D eigenvalue weighted by molar-refractivity contribution is 0.251. The fraction of sp³-hybridized carbons (Fsp3) is 0.462. The number of amidine groups is 1. The molecule has 0 unspecified atom stereocenters. The van der Waals surface area contributed by atoms with E-state index in [1.807, 2.05) is 0 Å². The van der Waals surface area contributed by atoms with Gasteiger partial charge in [-0.15, -0.1) is 0 Å². The van der Waals surface area contributed by atoms with Crippen molar-refractivity contribution < 1.29 is 14.3 Å². The minimum Gasteiger partial charge on any atom is -0.493 e. The molecule has 0 aliphatic heterocycles. The zero-order valence-corrected chi connectivity index (χ0v) is 10.1. The standard InChI is InChI=1S/C13H17FN2O2/c14-10-5-6-12(11(7-10)13(15)16-17)18-8-9-3-1-2-4-9/h5-7,9,17H,1-4,8H2,(H2,15,16). The lowest BCUT2D eigenvalue weighted by atomic mass is 10.1. The molecule has 18 heavy (non-hydrogen) atoms. The lowest BCUT2D eigenvalue weighted by Crippen LogP contribution is -2.17. The van der Waals surface area contributed by atoms with Gasteiger partial charge in [-0.1, -0.05) is 18.0 Å². The van der Waals surface area contributed by atoms with Crippen LogP contribution in [-0.2, 0) is 0 Å². The SMILES string of the molecule is NC(=NO)c1cc(F)ccc1OCC1CCCC1. The summed E-state index contributed by atoms with van der Waals surface area (Å²) in [6.45, 7) is 0.595. The molecule has 98 valence electrons. The van der Waals surface area contributed by atoms with Crippen LogP contribution in [0.1, 0.15) is 31.2 Å². The maximum Gasteiger partial charge on any atom is 0.173 e. The second-order valence-corrected chi connectivity index (χ2v) is 4.59. The molecule has 0 aromatic heterocycles. The van der Waals surface area contributed by atoms with Crippen LogP contribution in [0.15, 0.2) is 23.4 Å². The number of benzene rings is 1. The predicted molar refractivity (Wildman–Crippen MR) is 66.4 cm³/mol. The average molecular weight is 252 g/mol. The van der Waals surface area contributed by atoms with Gasteiger partial charge in [-0.05, 0) is 37.0 Å². The number of hydrogen-bond donors (Lipinski definition) is 2. The quantitative estimate of drug-likeness (QED) is 0.374. The third-order valence-corrected chi connectivity index (χ3v) is 3.27. The van der Waals surface area contributed by atoms with Crippen molar-refractivity contribution in [3.8, 4) is 5.75 Å². The Kier molecular flexibility index (Phi) is 4.02. The van der Waals surface area contributed by atoms with Gasteiger partial charge in [0.25, 0.3) is 0 Å². The van der Waals surface area contributed by atoms with Crippen molar-refractivity contribution in [2.75, 3.05) is 6.61 Å². The monoisotopic (exact) mass is 252 g/mol. The van der Waals surface area contributed by atoms with Crippen molar-refractivity contribution in [2.24, 2.45) is 16.8 Å². The van der Waals surface area contributed by atoms with Crippen molar-refractivity contribution in [3.05, 3.63) is 29.6 Å². The van der Waals surface area contributed by atoms with E-state index in [4.69, 9.17) is 15.7 Å². The summed E-state index contributed by atoms with van der Waals surface area (Å²) >= 11 is 0. The summed E-state index contributed by atoms with van der Waals surface area (Å²) < 4.78 is 18.8. The molecule has 1 aromatic carbocycles. The first kappa shape index (κ1) is 12.7. The smallest absolute Gasteiger partial charge is 0.173 e. The molecular formula is C13H17FN2O2. The van der Waals surface area contributed by atoms with Crippen molar-refractivity contribution >= 4 is 5.84 Å². The second kappa shape index (κ2) is 5.71. The van der Waals surface area contributed by atoms with Crippen molar-refractivity contribution in [1.29, 1.82) is 0 Å². The van der Waals surface area contributed by atoms with Gasteiger partial charge in [0.15, 0.2) is 5.84 Å². The molecule has 4 nitrogen and oxygen atoms in total. The normalized spacial score (nSPS) is 17.1. The van der Waals surface area contributed by atoms with E-state index in [1.54, 1.807) is 0 Å². The number of nitrogens with two attached hydrogens (primary N) is 1. The largest absolute Gasteiger partial charge is 0.493 e. The van der Waals surface area contributed by atoms with Gasteiger partial charge in [0, 0.05) is 0 Å². The third kappa shape index (κ3) is 2.91. The molecule has 1 fully saturated rings. The molecule has 1 aromatic rings. The van der Waals surface area contributed by atoms with Gasteiger partial charge in [-0.25, -0.2) is 4.39 Å². The summed E-state index contributed by atoms with van der Waals surface area (Å²) in [4.78, 5) is 0. The number of nitrogens with zero attached hydrogens (tertiary/aromatic N) is 1. The highest BCUT2D eigenvalue weighted by Gasteiger charge is 2.17. The molecule has 0 heterocycles. The van der Waals surface area contributed by atoms with Gasteiger partial charge in [-0.3, -0.25) is 0 Å². The van der Waals surface area contributed by atoms with Gasteiger partial charge in [0.2, 0.25) is 0 Å². The number of ether oxygens (including phenoxy) is 1. The highest BCUT2D eigenvalue weighted by Crippen LogP contribution is 2.27. The average Bonchev–Trinajstić information content (AvgIpc) is 2.89. The van der Waals surface area contributed by atoms with Crippen LogP contribution in [0.2, 0.25) is 0 Å². The fourth-order valence-electron chi connectivity index (χ4n) is 2.27. The van der Waals surface area contributed by atoms with Crippen LogP contribution in [-0.4, -0.2) is 17.6 Å². The molecule has 0 radical (unpaired) electrons. The Morgan fingerprint density at radius 1 is 1.44 bits per heavy atom. The first-order valence-corrected chi connectivity index (χ1v) is 6.11. The first-order chi connectivity index (χ1) is 8.70. The maximum atomic E-state index is 13.1. The number of hydrogen-bond acceptors (Lipinski definition) is 3. The van der Waals surface area contributed by atoms with Crippen LogP contribution in [0, 0.1) is 11.7 Å². The summed E-state index contributed by atoms with van der Waals surface area (Å²) in [6.07, 6.45) is 4.81. The van der Waals surface area contributed by atoms with Crippen LogP contribution in [0.4, 0.5) is 4.39 Å². The Balaban J connectivity index is 2.10. The molecule has 0 bridgehead atoms. The van der Waals surface area contributed by atoms with E-state index in [0.717, 1.165) is 0 Å². The van der Waals surface area contributed by atoms with E-state index in [1.165, 1.54) is 43.9 Å². The molecule has 2 rings (SSSR count). The Bertz CT molecular complexity index is 443. The molecule has 3 N–H and O–H groups in total. The van der Waals surface area contributed by atoms with E-state index >= 15 is 0 Å². The van der Waals surface area contributed by atoms with Gasteiger partial charge in [-0.2, -0.15) is 0 Å². The molecule has 0 spiro atoms. The van der Waals surface area contributed by atoms with E-state index < -0.39 is 5.82 Å². The van der Waals surface area contributed by atoms with Gasteiger partial charge >= 0.3 is 0 Å². The van der Waals surface area contributed by atoms with Crippen LogP contribution in [0.5, 0.6) is 5.75 Å². The zero-order chi connectivity index (χ0) is 13.0. The number of oxime groups is 1. The molecular weight excluding hydrogens is 235 g/mol. The molecule has 1 aliphatic rings. The topological polar surface area (TPSA) is 67.8 Å². The zero-order valence-electron chi connectivity index (χ0n) is 10.1. The third-order valence-electron chi connectivity index (χ3n) is 3.27. The summed E-state index contributed by atoms with van der Waals surface area (Å²) in [5.74, 6) is 0.425. The molecule has 0 saturated heterocycles.